The molecule has 0 heterocycles. The number of benzene rings is 2. The Morgan fingerprint density at radius 3 is 2.05 bits per heavy atom. The van der Waals surface area contributed by atoms with Crippen LogP contribution in [0.5, 0.6) is 0 Å². The lowest BCUT2D eigenvalue weighted by Gasteiger charge is -2.16. The van der Waals surface area contributed by atoms with Crippen molar-refractivity contribution in [1.82, 2.24) is 5.32 Å². The number of nitrogens with one attached hydrogen (secondary N) is 1. The minimum Gasteiger partial charge on any atom is -0.299 e. The molecule has 22 heavy (non-hydrogen) atoms. The molecule has 2 aromatic rings. The lowest BCUT2D eigenvalue weighted by atomic mass is 10.0. The topological polar surface area (TPSA) is 12.0 Å². The predicted molar refractivity (Wildman–Crippen MR) is 94.4 cm³/mol. The molecule has 0 fully saturated rings. The molecule has 1 atom stereocenters. The predicted octanol–water partition coefficient (Wildman–Crippen LogP) is 4.44. The van der Waals surface area contributed by atoms with Crippen LogP contribution in [0.2, 0.25) is 0 Å². The van der Waals surface area contributed by atoms with Crippen LogP contribution in [0.4, 0.5) is 0 Å². The molecule has 0 aliphatic rings. The van der Waals surface area contributed by atoms with Gasteiger partial charge in [0.05, 0.1) is 6.04 Å². The van der Waals surface area contributed by atoms with Gasteiger partial charge in [-0.15, -0.1) is 5.92 Å². The molecule has 2 rings (SSSR count). The molecule has 2 aromatic carbocycles. The Kier molecular flexibility index (Phi) is 6.74. The molecule has 1 nitrogen and oxygen atoms in total. The molecule has 0 bridgehead atoms. The number of hydrogen-bond acceptors (Lipinski definition) is 1. The first-order valence-electron chi connectivity index (χ1n) is 8.05. The average Bonchev–Trinajstić information content (AvgIpc) is 2.55. The van der Waals surface area contributed by atoms with Crippen molar-refractivity contribution < 1.29 is 0 Å². The van der Waals surface area contributed by atoms with Gasteiger partial charge >= 0.3 is 0 Å². The summed E-state index contributed by atoms with van der Waals surface area (Å²) in [5, 5.41) is 3.56. The van der Waals surface area contributed by atoms with Crippen molar-refractivity contribution in [3.8, 4) is 11.8 Å². The van der Waals surface area contributed by atoms with Gasteiger partial charge in [0, 0.05) is 13.0 Å². The third-order valence-electron chi connectivity index (χ3n) is 3.67. The highest BCUT2D eigenvalue weighted by atomic mass is 14.9. The zero-order valence-electron chi connectivity index (χ0n) is 13.5. The van der Waals surface area contributed by atoms with Crippen molar-refractivity contribution in [3.05, 3.63) is 71.8 Å². The Hall–Kier alpha value is -2.04. The highest BCUT2D eigenvalue weighted by Crippen LogP contribution is 2.05. The van der Waals surface area contributed by atoms with Crippen LogP contribution in [0.3, 0.4) is 0 Å². The van der Waals surface area contributed by atoms with Crippen molar-refractivity contribution in [1.29, 1.82) is 0 Å². The van der Waals surface area contributed by atoms with Crippen LogP contribution in [0.25, 0.3) is 0 Å². The summed E-state index contributed by atoms with van der Waals surface area (Å²) in [7, 11) is 0. The highest BCUT2D eigenvalue weighted by Gasteiger charge is 2.08. The van der Waals surface area contributed by atoms with E-state index in [1.54, 1.807) is 0 Å². The lowest BCUT2D eigenvalue weighted by Crippen LogP contribution is -2.32. The molecular weight excluding hydrogens is 266 g/mol. The number of aryl methyl sites for hydroxylation is 1. The van der Waals surface area contributed by atoms with Crippen molar-refractivity contribution in [2.75, 3.05) is 0 Å². The third-order valence-corrected chi connectivity index (χ3v) is 3.67. The van der Waals surface area contributed by atoms with Gasteiger partial charge in [0.1, 0.15) is 0 Å². The molecule has 0 saturated carbocycles. The SMILES string of the molecule is CC(C)C(C#CCCc1ccccc1)NCc1ccccc1. The molecule has 0 aliphatic carbocycles. The van der Waals surface area contributed by atoms with E-state index in [1.807, 2.05) is 6.07 Å². The van der Waals surface area contributed by atoms with E-state index in [2.05, 4.69) is 85.6 Å². The van der Waals surface area contributed by atoms with Crippen LogP contribution in [0.15, 0.2) is 60.7 Å². The summed E-state index contributed by atoms with van der Waals surface area (Å²) in [5.74, 6) is 7.24. The van der Waals surface area contributed by atoms with Gasteiger partial charge < -0.3 is 0 Å². The van der Waals surface area contributed by atoms with Crippen LogP contribution in [0, 0.1) is 17.8 Å². The fourth-order valence-corrected chi connectivity index (χ4v) is 2.31. The van der Waals surface area contributed by atoms with E-state index in [0.717, 1.165) is 19.4 Å². The van der Waals surface area contributed by atoms with E-state index in [4.69, 9.17) is 0 Å². The minimum absolute atomic E-state index is 0.246. The fraction of sp³-hybridized carbons (Fsp3) is 0.333. The molecule has 0 amide bonds. The van der Waals surface area contributed by atoms with E-state index in [0.29, 0.717) is 5.92 Å². The van der Waals surface area contributed by atoms with E-state index < -0.39 is 0 Å². The fourth-order valence-electron chi connectivity index (χ4n) is 2.31. The van der Waals surface area contributed by atoms with Crippen LogP contribution in [-0.2, 0) is 13.0 Å². The quantitative estimate of drug-likeness (QED) is 0.776. The van der Waals surface area contributed by atoms with Gasteiger partial charge in [-0.3, -0.25) is 5.32 Å². The van der Waals surface area contributed by atoms with Gasteiger partial charge in [-0.25, -0.2) is 0 Å². The van der Waals surface area contributed by atoms with Crippen LogP contribution in [0.1, 0.15) is 31.4 Å². The third kappa shape index (κ3) is 5.76. The zero-order chi connectivity index (χ0) is 15.6. The summed E-state index contributed by atoms with van der Waals surface area (Å²) in [6.45, 7) is 5.31. The summed E-state index contributed by atoms with van der Waals surface area (Å²) in [4.78, 5) is 0. The molecule has 1 N–H and O–H groups in total. The normalized spacial score (nSPS) is 11.8. The molecule has 1 heteroatoms. The maximum atomic E-state index is 3.56. The van der Waals surface area contributed by atoms with Crippen molar-refractivity contribution in [3.63, 3.8) is 0 Å². The van der Waals surface area contributed by atoms with Gasteiger partial charge in [0.15, 0.2) is 0 Å². The van der Waals surface area contributed by atoms with Crippen molar-refractivity contribution in [2.24, 2.45) is 5.92 Å². The molecule has 0 saturated heterocycles. The standard InChI is InChI=1S/C21H25N/c1-18(2)21(22-17-20-14-7-4-8-15-20)16-10-9-13-19-11-5-3-6-12-19/h3-8,11-12,14-15,18,21-22H,9,13,17H2,1-2H3. The van der Waals surface area contributed by atoms with Crippen molar-refractivity contribution >= 4 is 0 Å². The average molecular weight is 291 g/mol. The second kappa shape index (κ2) is 9.07. The van der Waals surface area contributed by atoms with E-state index in [9.17, 15) is 0 Å². The maximum absolute atomic E-state index is 3.56. The maximum Gasteiger partial charge on any atom is 0.0715 e. The van der Waals surface area contributed by atoms with E-state index in [1.165, 1.54) is 11.1 Å². The Morgan fingerprint density at radius 1 is 0.864 bits per heavy atom. The Balaban J connectivity index is 1.83. The summed E-state index contributed by atoms with van der Waals surface area (Å²) >= 11 is 0. The Labute approximate surface area is 134 Å². The van der Waals surface area contributed by atoms with Gasteiger partial charge in [-0.1, -0.05) is 80.4 Å². The molecule has 1 unspecified atom stereocenters. The van der Waals surface area contributed by atoms with Gasteiger partial charge in [-0.2, -0.15) is 0 Å². The zero-order valence-corrected chi connectivity index (χ0v) is 13.5. The van der Waals surface area contributed by atoms with Crippen LogP contribution < -0.4 is 5.32 Å². The molecule has 0 aliphatic heterocycles. The van der Waals surface area contributed by atoms with Crippen LogP contribution in [-0.4, -0.2) is 6.04 Å². The number of hydrogen-bond donors (Lipinski definition) is 1. The highest BCUT2D eigenvalue weighted by molar-refractivity contribution is 5.18. The van der Waals surface area contributed by atoms with E-state index in [-0.39, 0.29) is 6.04 Å². The smallest absolute Gasteiger partial charge is 0.0715 e. The van der Waals surface area contributed by atoms with Gasteiger partial charge in [0.2, 0.25) is 0 Å². The second-order valence-corrected chi connectivity index (χ2v) is 5.89. The molecule has 114 valence electrons. The monoisotopic (exact) mass is 291 g/mol. The summed E-state index contributed by atoms with van der Waals surface area (Å²) < 4.78 is 0. The minimum atomic E-state index is 0.246. The van der Waals surface area contributed by atoms with Crippen LogP contribution >= 0.6 is 0 Å². The molecular formula is C21H25N. The largest absolute Gasteiger partial charge is 0.299 e. The lowest BCUT2D eigenvalue weighted by molar-refractivity contribution is 0.475. The van der Waals surface area contributed by atoms with E-state index >= 15 is 0 Å². The Morgan fingerprint density at radius 2 is 1.45 bits per heavy atom. The first-order valence-corrected chi connectivity index (χ1v) is 8.05. The number of rotatable bonds is 6. The first-order chi connectivity index (χ1) is 10.8. The molecule has 0 spiro atoms. The molecule has 0 radical (unpaired) electrons. The summed E-state index contributed by atoms with van der Waals surface area (Å²) in [6.07, 6.45) is 1.94. The summed E-state index contributed by atoms with van der Waals surface area (Å²) in [6, 6.07) is 21.3. The summed E-state index contributed by atoms with van der Waals surface area (Å²) in [5.41, 5.74) is 2.66. The second-order valence-electron chi connectivity index (χ2n) is 5.89. The Bertz CT molecular complexity index is 590. The first kappa shape index (κ1) is 16.3. The molecule has 0 aromatic heterocycles. The van der Waals surface area contributed by atoms with Gasteiger partial charge in [0.25, 0.3) is 0 Å². The van der Waals surface area contributed by atoms with Crippen molar-refractivity contribution in [2.45, 2.75) is 39.3 Å². The van der Waals surface area contributed by atoms with Gasteiger partial charge in [-0.05, 0) is 23.5 Å².